The van der Waals surface area contributed by atoms with Crippen LogP contribution in [0.3, 0.4) is 0 Å². The quantitative estimate of drug-likeness (QED) is 0.0248. The summed E-state index contributed by atoms with van der Waals surface area (Å²) in [6.45, 7) is 13.4. The smallest absolute Gasteiger partial charge is 0.465 e. The van der Waals surface area contributed by atoms with Crippen molar-refractivity contribution in [1.29, 1.82) is 0 Å². The summed E-state index contributed by atoms with van der Waals surface area (Å²) in [6, 6.07) is 0. The summed E-state index contributed by atoms with van der Waals surface area (Å²) in [4.78, 5) is 65.2. The highest BCUT2D eigenvalue weighted by Gasteiger charge is 2.20. The molecular weight excluding hydrogens is 827 g/mol. The summed E-state index contributed by atoms with van der Waals surface area (Å²) < 4.78 is 32.9. The van der Waals surface area contributed by atoms with Gasteiger partial charge in [0.05, 0.1) is 25.7 Å². The summed E-state index contributed by atoms with van der Waals surface area (Å²) >= 11 is 0. The molecule has 378 valence electrons. The van der Waals surface area contributed by atoms with Crippen molar-refractivity contribution in [2.75, 3.05) is 59.3 Å². The van der Waals surface area contributed by atoms with Crippen LogP contribution in [0.1, 0.15) is 214 Å². The Morgan fingerprint density at radius 2 is 0.785 bits per heavy atom. The van der Waals surface area contributed by atoms with E-state index >= 15 is 0 Å². The third-order valence-electron chi connectivity index (χ3n) is 11.4. The van der Waals surface area contributed by atoms with Gasteiger partial charge in [-0.05, 0) is 83.7 Å². The van der Waals surface area contributed by atoms with Crippen LogP contribution in [-0.2, 0) is 47.6 Å². The van der Waals surface area contributed by atoms with E-state index in [1.807, 2.05) is 0 Å². The maximum absolute atomic E-state index is 12.9. The van der Waals surface area contributed by atoms with E-state index in [0.29, 0.717) is 32.1 Å². The first-order valence-corrected chi connectivity index (χ1v) is 26.1. The molecule has 0 heterocycles. The van der Waals surface area contributed by atoms with Gasteiger partial charge in [0.2, 0.25) is 0 Å². The third-order valence-corrected chi connectivity index (χ3v) is 11.4. The zero-order chi connectivity index (χ0) is 47.9. The van der Waals surface area contributed by atoms with Crippen LogP contribution in [-0.4, -0.2) is 94.2 Å². The zero-order valence-corrected chi connectivity index (χ0v) is 42.1. The number of unbranched alkanes of at least 4 members (excludes halogenated alkanes) is 16. The zero-order valence-electron chi connectivity index (χ0n) is 42.1. The fourth-order valence-corrected chi connectivity index (χ4v) is 7.06. The van der Waals surface area contributed by atoms with E-state index in [2.05, 4.69) is 63.8 Å². The van der Waals surface area contributed by atoms with Gasteiger partial charge < -0.3 is 33.3 Å². The summed E-state index contributed by atoms with van der Waals surface area (Å²) in [5.74, 6) is -2.17. The SMILES string of the molecule is CCCCCC=CCC=CCCCCCCCC(=O)OCC(COC(=O)CCCC(COC(=O)CCCCCCC)COC(=O)CCCCCCC)COC(=O)OCCCN(CC)CC. The largest absolute Gasteiger partial charge is 0.508 e. The number of carbonyl (C=O) groups excluding carboxylic acids is 5. The van der Waals surface area contributed by atoms with Crippen molar-refractivity contribution in [3.63, 3.8) is 0 Å². The number of nitrogens with zero attached hydrogens (tertiary/aromatic N) is 1. The Bertz CT molecular complexity index is 1190. The van der Waals surface area contributed by atoms with E-state index in [9.17, 15) is 24.0 Å². The Labute approximate surface area is 396 Å². The van der Waals surface area contributed by atoms with Gasteiger partial charge in [-0.2, -0.15) is 0 Å². The van der Waals surface area contributed by atoms with E-state index in [1.54, 1.807) is 0 Å². The molecule has 1 unspecified atom stereocenters. The lowest BCUT2D eigenvalue weighted by molar-refractivity contribution is -0.152. The maximum atomic E-state index is 12.9. The van der Waals surface area contributed by atoms with Crippen molar-refractivity contribution in [2.45, 2.75) is 214 Å². The van der Waals surface area contributed by atoms with Gasteiger partial charge in [-0.3, -0.25) is 19.2 Å². The lowest BCUT2D eigenvalue weighted by atomic mass is 10.0. The molecule has 0 rings (SSSR count). The summed E-state index contributed by atoms with van der Waals surface area (Å²) in [5, 5.41) is 0. The minimum atomic E-state index is -0.822. The van der Waals surface area contributed by atoms with E-state index in [-0.39, 0.29) is 76.3 Å². The van der Waals surface area contributed by atoms with Crippen LogP contribution in [0, 0.1) is 11.8 Å². The molecule has 0 aromatic heterocycles. The van der Waals surface area contributed by atoms with Crippen molar-refractivity contribution in [1.82, 2.24) is 4.90 Å². The van der Waals surface area contributed by atoms with Crippen molar-refractivity contribution in [3.8, 4) is 0 Å². The standard InChI is InChI=1S/C53H95NO11/c1-6-11-14-17-18-19-20-21-22-23-24-25-26-29-32-38-51(57)63-44-48(46-65-53(59)60-41-34-40-54(9-4)10-5)45-64-52(58)39-33-35-47(42-61-49(55)36-30-27-15-12-7-2)43-62-50(56)37-31-28-16-13-8-3/h18-19,21-22,47-48H,6-17,20,23-46H2,1-5H3. The molecule has 65 heavy (non-hydrogen) atoms. The Morgan fingerprint density at radius 1 is 0.400 bits per heavy atom. The fourth-order valence-electron chi connectivity index (χ4n) is 7.06. The molecule has 0 aliphatic rings. The van der Waals surface area contributed by atoms with Crippen LogP contribution < -0.4 is 0 Å². The highest BCUT2D eigenvalue weighted by Crippen LogP contribution is 2.15. The van der Waals surface area contributed by atoms with Crippen LogP contribution in [0.25, 0.3) is 0 Å². The molecule has 0 saturated carbocycles. The predicted octanol–water partition coefficient (Wildman–Crippen LogP) is 13.0. The molecule has 0 aromatic carbocycles. The number of allylic oxidation sites excluding steroid dienone is 4. The molecule has 0 radical (unpaired) electrons. The second kappa shape index (κ2) is 47.1. The number of hydrogen-bond donors (Lipinski definition) is 0. The normalized spacial score (nSPS) is 12.0. The minimum Gasteiger partial charge on any atom is -0.465 e. The second-order valence-corrected chi connectivity index (χ2v) is 17.5. The van der Waals surface area contributed by atoms with Crippen LogP contribution in [0.2, 0.25) is 0 Å². The van der Waals surface area contributed by atoms with Crippen LogP contribution >= 0.6 is 0 Å². The van der Waals surface area contributed by atoms with Crippen LogP contribution in [0.4, 0.5) is 4.79 Å². The van der Waals surface area contributed by atoms with Crippen molar-refractivity contribution in [2.24, 2.45) is 11.8 Å². The highest BCUT2D eigenvalue weighted by molar-refractivity contribution is 5.70. The van der Waals surface area contributed by atoms with Gasteiger partial charge in [-0.1, -0.05) is 142 Å². The van der Waals surface area contributed by atoms with Gasteiger partial charge in [0.15, 0.2) is 0 Å². The Hall–Kier alpha value is -3.41. The molecule has 0 amide bonds. The molecule has 0 saturated heterocycles. The lowest BCUT2D eigenvalue weighted by Gasteiger charge is -2.19. The molecule has 0 fully saturated rings. The van der Waals surface area contributed by atoms with Gasteiger partial charge in [-0.25, -0.2) is 4.79 Å². The van der Waals surface area contributed by atoms with E-state index in [0.717, 1.165) is 129 Å². The van der Waals surface area contributed by atoms with E-state index < -0.39 is 18.0 Å². The molecule has 0 aliphatic heterocycles. The Balaban J connectivity index is 4.99. The molecule has 12 nitrogen and oxygen atoms in total. The lowest BCUT2D eigenvalue weighted by Crippen LogP contribution is -2.27. The van der Waals surface area contributed by atoms with Gasteiger partial charge in [0.25, 0.3) is 0 Å². The Kier molecular flexibility index (Phi) is 44.6. The monoisotopic (exact) mass is 922 g/mol. The summed E-state index contributed by atoms with van der Waals surface area (Å²) in [7, 11) is 0. The molecular formula is C53H95NO11. The van der Waals surface area contributed by atoms with Crippen LogP contribution in [0.5, 0.6) is 0 Å². The maximum Gasteiger partial charge on any atom is 0.508 e. The second-order valence-electron chi connectivity index (χ2n) is 17.5. The van der Waals surface area contributed by atoms with Gasteiger partial charge in [0, 0.05) is 38.1 Å². The number of carbonyl (C=O) groups is 5. The molecule has 12 heteroatoms. The molecule has 0 aromatic rings. The van der Waals surface area contributed by atoms with Gasteiger partial charge in [0.1, 0.15) is 19.8 Å². The molecule has 0 bridgehead atoms. The minimum absolute atomic E-state index is 0.0718. The van der Waals surface area contributed by atoms with Crippen molar-refractivity contribution < 1.29 is 52.4 Å². The summed E-state index contributed by atoms with van der Waals surface area (Å²) in [6.07, 6.45) is 33.1. The number of hydrogen-bond acceptors (Lipinski definition) is 12. The van der Waals surface area contributed by atoms with E-state index in [4.69, 9.17) is 28.4 Å². The number of rotatable bonds is 46. The molecule has 1 atom stereocenters. The molecule has 0 aliphatic carbocycles. The van der Waals surface area contributed by atoms with Crippen LogP contribution in [0.15, 0.2) is 24.3 Å². The predicted molar refractivity (Wildman–Crippen MR) is 260 cm³/mol. The number of ether oxygens (including phenoxy) is 6. The molecule has 0 N–H and O–H groups in total. The Morgan fingerprint density at radius 3 is 1.26 bits per heavy atom. The van der Waals surface area contributed by atoms with Gasteiger partial charge in [-0.15, -0.1) is 0 Å². The van der Waals surface area contributed by atoms with Crippen molar-refractivity contribution in [3.05, 3.63) is 24.3 Å². The van der Waals surface area contributed by atoms with Gasteiger partial charge >= 0.3 is 30.0 Å². The van der Waals surface area contributed by atoms with E-state index in [1.165, 1.54) is 25.7 Å². The highest BCUT2D eigenvalue weighted by atomic mass is 16.7. The average molecular weight is 922 g/mol. The average Bonchev–Trinajstić information content (AvgIpc) is 3.30. The summed E-state index contributed by atoms with van der Waals surface area (Å²) in [5.41, 5.74) is 0. The topological polar surface area (TPSA) is 144 Å². The third kappa shape index (κ3) is 42.9. The van der Waals surface area contributed by atoms with Crippen molar-refractivity contribution >= 4 is 30.0 Å². The fraction of sp³-hybridized carbons (Fsp3) is 0.830. The first-order chi connectivity index (χ1) is 31.7. The number of esters is 4. The molecule has 0 spiro atoms. The first-order valence-electron chi connectivity index (χ1n) is 26.1. The first kappa shape index (κ1) is 61.6.